The van der Waals surface area contributed by atoms with Gasteiger partial charge in [-0.05, 0) is 62.8 Å². The Kier molecular flexibility index (Phi) is 8.02. The van der Waals surface area contributed by atoms with Crippen molar-refractivity contribution in [2.75, 3.05) is 25.0 Å². The Hall–Kier alpha value is -2.30. The number of anilines is 1. The summed E-state index contributed by atoms with van der Waals surface area (Å²) >= 11 is 0. The molecule has 1 aromatic carbocycles. The van der Waals surface area contributed by atoms with E-state index in [0.29, 0.717) is 18.7 Å². The molecule has 5 nitrogen and oxygen atoms in total. The molecule has 0 fully saturated rings. The predicted molar refractivity (Wildman–Crippen MR) is 102 cm³/mol. The lowest BCUT2D eigenvalue weighted by molar-refractivity contribution is -0.119. The van der Waals surface area contributed by atoms with Crippen LogP contribution in [-0.4, -0.2) is 31.4 Å². The third-order valence-electron chi connectivity index (χ3n) is 4.29. The maximum atomic E-state index is 11.9. The molecule has 1 aliphatic rings. The van der Waals surface area contributed by atoms with Crippen LogP contribution in [0.2, 0.25) is 0 Å². The highest BCUT2D eigenvalue weighted by Crippen LogP contribution is 2.19. The van der Waals surface area contributed by atoms with Crippen molar-refractivity contribution in [3.8, 4) is 0 Å². The Balaban J connectivity index is 1.67. The van der Waals surface area contributed by atoms with Gasteiger partial charge in [-0.25, -0.2) is 0 Å². The Morgan fingerprint density at radius 3 is 2.52 bits per heavy atom. The first-order valence-corrected chi connectivity index (χ1v) is 9.25. The van der Waals surface area contributed by atoms with Gasteiger partial charge in [0, 0.05) is 24.3 Å². The van der Waals surface area contributed by atoms with Gasteiger partial charge in [0.15, 0.2) is 0 Å². The van der Waals surface area contributed by atoms with Crippen molar-refractivity contribution < 1.29 is 9.59 Å². The largest absolute Gasteiger partial charge is 0.376 e. The topological polar surface area (TPSA) is 70.2 Å². The second-order valence-corrected chi connectivity index (χ2v) is 6.39. The summed E-state index contributed by atoms with van der Waals surface area (Å²) in [4.78, 5) is 23.7. The lowest BCUT2D eigenvalue weighted by Crippen LogP contribution is -2.30. The number of amides is 2. The van der Waals surface area contributed by atoms with Crippen LogP contribution in [0.4, 0.5) is 5.69 Å². The van der Waals surface area contributed by atoms with Crippen molar-refractivity contribution in [2.24, 2.45) is 0 Å². The molecule has 2 amide bonds. The minimum atomic E-state index is -0.0665. The molecule has 2 rings (SSSR count). The van der Waals surface area contributed by atoms with Crippen LogP contribution in [-0.2, 0) is 4.79 Å². The molecular formula is C20H29N3O2. The van der Waals surface area contributed by atoms with Gasteiger partial charge in [-0.15, -0.1) is 0 Å². The molecular weight excluding hydrogens is 314 g/mol. The molecule has 0 heterocycles. The van der Waals surface area contributed by atoms with Crippen molar-refractivity contribution in [1.29, 1.82) is 0 Å². The van der Waals surface area contributed by atoms with E-state index in [9.17, 15) is 9.59 Å². The normalized spacial score (nSPS) is 13.7. The quantitative estimate of drug-likeness (QED) is 0.603. The summed E-state index contributed by atoms with van der Waals surface area (Å²) in [6.45, 7) is 3.63. The lowest BCUT2D eigenvalue weighted by atomic mass is 9.97. The van der Waals surface area contributed by atoms with E-state index in [4.69, 9.17) is 0 Å². The highest BCUT2D eigenvalue weighted by atomic mass is 16.2. The van der Waals surface area contributed by atoms with Gasteiger partial charge in [-0.2, -0.15) is 0 Å². The Labute approximate surface area is 150 Å². The summed E-state index contributed by atoms with van der Waals surface area (Å²) in [5, 5.41) is 8.87. The summed E-state index contributed by atoms with van der Waals surface area (Å²) in [6, 6.07) is 7.17. The van der Waals surface area contributed by atoms with Gasteiger partial charge in [0.05, 0.1) is 6.54 Å². The molecule has 0 atom stereocenters. The molecule has 0 radical (unpaired) electrons. The summed E-state index contributed by atoms with van der Waals surface area (Å²) in [5.41, 5.74) is 2.93. The number of hydrogen-bond donors (Lipinski definition) is 3. The van der Waals surface area contributed by atoms with Gasteiger partial charge < -0.3 is 16.0 Å². The molecule has 0 saturated carbocycles. The summed E-state index contributed by atoms with van der Waals surface area (Å²) < 4.78 is 0. The molecule has 0 aliphatic heterocycles. The maximum absolute atomic E-state index is 11.9. The van der Waals surface area contributed by atoms with E-state index in [1.807, 2.05) is 19.1 Å². The van der Waals surface area contributed by atoms with Crippen LogP contribution in [0.25, 0.3) is 0 Å². The number of benzene rings is 1. The fraction of sp³-hybridized carbons (Fsp3) is 0.500. The van der Waals surface area contributed by atoms with Gasteiger partial charge in [-0.3, -0.25) is 9.59 Å². The Bertz CT molecular complexity index is 593. The molecule has 0 saturated heterocycles. The van der Waals surface area contributed by atoms with Gasteiger partial charge in [0.1, 0.15) is 0 Å². The smallest absolute Gasteiger partial charge is 0.251 e. The number of rotatable bonds is 9. The zero-order chi connectivity index (χ0) is 17.9. The molecule has 1 aliphatic carbocycles. The number of carbonyl (C=O) groups is 2. The first kappa shape index (κ1) is 19.0. The van der Waals surface area contributed by atoms with E-state index in [2.05, 4.69) is 22.0 Å². The fourth-order valence-electron chi connectivity index (χ4n) is 2.82. The van der Waals surface area contributed by atoms with E-state index in [1.165, 1.54) is 31.3 Å². The van der Waals surface area contributed by atoms with Crippen molar-refractivity contribution in [2.45, 2.75) is 45.4 Å². The lowest BCUT2D eigenvalue weighted by Gasteiger charge is -2.13. The zero-order valence-corrected chi connectivity index (χ0v) is 15.1. The van der Waals surface area contributed by atoms with Crippen LogP contribution in [0.1, 0.15) is 55.8 Å². The molecule has 0 spiro atoms. The van der Waals surface area contributed by atoms with Gasteiger partial charge >= 0.3 is 0 Å². The first-order valence-electron chi connectivity index (χ1n) is 9.25. The van der Waals surface area contributed by atoms with Crippen molar-refractivity contribution in [3.63, 3.8) is 0 Å². The third kappa shape index (κ3) is 6.99. The minimum absolute atomic E-state index is 0.0128. The predicted octanol–water partition coefficient (Wildman–Crippen LogP) is 3.25. The molecule has 25 heavy (non-hydrogen) atoms. The van der Waals surface area contributed by atoms with Gasteiger partial charge in [0.25, 0.3) is 5.91 Å². The van der Waals surface area contributed by atoms with E-state index < -0.39 is 0 Å². The van der Waals surface area contributed by atoms with Crippen LogP contribution in [0.15, 0.2) is 35.9 Å². The van der Waals surface area contributed by atoms with Crippen LogP contribution < -0.4 is 16.0 Å². The number of hydrogen-bond acceptors (Lipinski definition) is 3. The second kappa shape index (κ2) is 10.5. The second-order valence-electron chi connectivity index (χ2n) is 6.39. The standard InChI is InChI=1S/C20H29N3O2/c1-2-13-22-20(25)17-8-10-18(11-9-17)23-15-19(24)21-14-12-16-6-4-3-5-7-16/h6,8-11,23H,2-5,7,12-15H2,1H3,(H,21,24)(H,22,25). The average Bonchev–Trinajstić information content (AvgIpc) is 2.65. The minimum Gasteiger partial charge on any atom is -0.376 e. The van der Waals surface area contributed by atoms with Gasteiger partial charge in [-0.1, -0.05) is 18.6 Å². The molecule has 1 aromatic rings. The van der Waals surface area contributed by atoms with Crippen LogP contribution in [0, 0.1) is 0 Å². The number of nitrogens with one attached hydrogen (secondary N) is 3. The number of carbonyl (C=O) groups excluding carboxylic acids is 2. The van der Waals surface area contributed by atoms with Crippen LogP contribution in [0.3, 0.4) is 0 Å². The summed E-state index contributed by atoms with van der Waals surface area (Å²) in [6.07, 6.45) is 9.09. The van der Waals surface area contributed by atoms with Crippen molar-refractivity contribution in [3.05, 3.63) is 41.5 Å². The monoisotopic (exact) mass is 343 g/mol. The zero-order valence-electron chi connectivity index (χ0n) is 15.1. The summed E-state index contributed by atoms with van der Waals surface area (Å²) in [7, 11) is 0. The molecule has 136 valence electrons. The van der Waals surface area contributed by atoms with E-state index in [0.717, 1.165) is 18.5 Å². The van der Waals surface area contributed by atoms with E-state index in [-0.39, 0.29) is 18.4 Å². The fourth-order valence-corrected chi connectivity index (χ4v) is 2.82. The highest BCUT2D eigenvalue weighted by molar-refractivity contribution is 5.94. The summed E-state index contributed by atoms with van der Waals surface area (Å²) in [5.74, 6) is -0.0793. The molecule has 5 heteroatoms. The van der Waals surface area contributed by atoms with Crippen LogP contribution >= 0.6 is 0 Å². The maximum Gasteiger partial charge on any atom is 0.251 e. The van der Waals surface area contributed by atoms with E-state index in [1.54, 1.807) is 12.1 Å². The van der Waals surface area contributed by atoms with Gasteiger partial charge in [0.2, 0.25) is 5.91 Å². The Morgan fingerprint density at radius 2 is 1.84 bits per heavy atom. The molecule has 0 bridgehead atoms. The van der Waals surface area contributed by atoms with Crippen molar-refractivity contribution in [1.82, 2.24) is 10.6 Å². The third-order valence-corrected chi connectivity index (χ3v) is 4.29. The highest BCUT2D eigenvalue weighted by Gasteiger charge is 2.06. The van der Waals surface area contributed by atoms with E-state index >= 15 is 0 Å². The van der Waals surface area contributed by atoms with Crippen LogP contribution in [0.5, 0.6) is 0 Å². The first-order chi connectivity index (χ1) is 12.2. The van der Waals surface area contributed by atoms with Crippen molar-refractivity contribution >= 4 is 17.5 Å². The average molecular weight is 343 g/mol. The SMILES string of the molecule is CCCNC(=O)c1ccc(NCC(=O)NCCC2=CCCCC2)cc1. The molecule has 0 unspecified atom stereocenters. The Morgan fingerprint density at radius 1 is 1.04 bits per heavy atom. The molecule has 3 N–H and O–H groups in total. The number of allylic oxidation sites excluding steroid dienone is 1. The molecule has 0 aromatic heterocycles.